The van der Waals surface area contributed by atoms with Crippen LogP contribution in [0.1, 0.15) is 0 Å². The van der Waals surface area contributed by atoms with Crippen LogP contribution in [-0.4, -0.2) is 15.9 Å². The van der Waals surface area contributed by atoms with E-state index in [1.165, 1.54) is 0 Å². The SMILES string of the molecule is O=[S+]C(CBr)CBr. The molecule has 4 heteroatoms. The average molecular weight is 249 g/mol. The molecule has 0 aromatic carbocycles. The fourth-order valence-electron chi connectivity index (χ4n) is 0.0927. The van der Waals surface area contributed by atoms with Crippen LogP contribution in [0.4, 0.5) is 0 Å². The van der Waals surface area contributed by atoms with Gasteiger partial charge in [0.05, 0.1) is 10.7 Å². The molecule has 42 valence electrons. The summed E-state index contributed by atoms with van der Waals surface area (Å²) in [6, 6.07) is 0. The van der Waals surface area contributed by atoms with E-state index in [4.69, 9.17) is 0 Å². The molecule has 0 spiro atoms. The molecule has 0 aliphatic rings. The van der Waals surface area contributed by atoms with Gasteiger partial charge in [-0.25, -0.2) is 0 Å². The second kappa shape index (κ2) is 5.12. The molecule has 0 aliphatic carbocycles. The van der Waals surface area contributed by atoms with Gasteiger partial charge in [0.25, 0.3) is 5.25 Å². The van der Waals surface area contributed by atoms with Crippen LogP contribution in [-0.2, 0) is 15.9 Å². The van der Waals surface area contributed by atoms with Crippen molar-refractivity contribution in [3.63, 3.8) is 0 Å². The van der Waals surface area contributed by atoms with Gasteiger partial charge in [-0.1, -0.05) is 31.9 Å². The molecule has 0 saturated carbocycles. The van der Waals surface area contributed by atoms with E-state index in [2.05, 4.69) is 31.9 Å². The van der Waals surface area contributed by atoms with Crippen LogP contribution < -0.4 is 0 Å². The lowest BCUT2D eigenvalue weighted by Crippen LogP contribution is -2.07. The smallest absolute Gasteiger partial charge is 0.0865 e. The summed E-state index contributed by atoms with van der Waals surface area (Å²) in [4.78, 5) is 0. The Balaban J connectivity index is 3.16. The zero-order valence-corrected chi connectivity index (χ0v) is 7.55. The summed E-state index contributed by atoms with van der Waals surface area (Å²) in [5.74, 6) is 0. The Hall–Kier alpha value is 0.980. The maximum atomic E-state index is 9.95. The third-order valence-corrected chi connectivity index (χ3v) is 3.51. The molecular weight excluding hydrogens is 244 g/mol. The van der Waals surface area contributed by atoms with E-state index in [-0.39, 0.29) is 5.25 Å². The van der Waals surface area contributed by atoms with Crippen molar-refractivity contribution in [2.45, 2.75) is 5.25 Å². The number of halogens is 2. The highest BCUT2D eigenvalue weighted by molar-refractivity contribution is 9.10. The summed E-state index contributed by atoms with van der Waals surface area (Å²) >= 11 is 7.00. The van der Waals surface area contributed by atoms with Gasteiger partial charge >= 0.3 is 11.7 Å². The van der Waals surface area contributed by atoms with Crippen LogP contribution in [0.3, 0.4) is 0 Å². The molecule has 0 aliphatic heterocycles. The summed E-state index contributed by atoms with van der Waals surface area (Å²) in [6.07, 6.45) is 0. The standard InChI is InChI=1S/C3H5Br2OS/c4-1-3(2-5)7-6/h3H,1-2H2/q+1. The van der Waals surface area contributed by atoms with Gasteiger partial charge < -0.3 is 0 Å². The zero-order valence-electron chi connectivity index (χ0n) is 3.56. The topological polar surface area (TPSA) is 17.1 Å². The van der Waals surface area contributed by atoms with Gasteiger partial charge in [-0.15, -0.1) is 0 Å². The molecular formula is C3H5Br2OS+. The van der Waals surface area contributed by atoms with Crippen LogP contribution >= 0.6 is 31.9 Å². The molecule has 0 rings (SSSR count). The summed E-state index contributed by atoms with van der Waals surface area (Å²) in [5, 5.41) is 1.72. The predicted octanol–water partition coefficient (Wildman–Crippen LogP) is 1.57. The number of hydrogen-bond acceptors (Lipinski definition) is 1. The maximum Gasteiger partial charge on any atom is 0.463 e. The normalized spacial score (nSPS) is 9.57. The first-order chi connectivity index (χ1) is 3.35. The third-order valence-electron chi connectivity index (χ3n) is 0.480. The van der Waals surface area contributed by atoms with Gasteiger partial charge in [-0.05, 0) is 0 Å². The van der Waals surface area contributed by atoms with Crippen molar-refractivity contribution in [1.29, 1.82) is 0 Å². The van der Waals surface area contributed by atoms with Gasteiger partial charge in [0.1, 0.15) is 0 Å². The van der Waals surface area contributed by atoms with Crippen LogP contribution in [0.2, 0.25) is 0 Å². The lowest BCUT2D eigenvalue weighted by Gasteiger charge is -1.80. The molecule has 0 fully saturated rings. The van der Waals surface area contributed by atoms with Crippen molar-refractivity contribution < 1.29 is 4.21 Å². The van der Waals surface area contributed by atoms with Gasteiger partial charge in [0.15, 0.2) is 0 Å². The fourth-order valence-corrected chi connectivity index (χ4v) is 1.92. The molecule has 0 heterocycles. The lowest BCUT2D eigenvalue weighted by atomic mass is 10.6. The Bertz CT molecular complexity index is 54.9. The van der Waals surface area contributed by atoms with Crippen molar-refractivity contribution >= 4 is 43.5 Å². The van der Waals surface area contributed by atoms with E-state index in [0.717, 1.165) is 10.7 Å². The Morgan fingerprint density at radius 2 is 1.86 bits per heavy atom. The van der Waals surface area contributed by atoms with E-state index >= 15 is 0 Å². The molecule has 0 aromatic heterocycles. The quantitative estimate of drug-likeness (QED) is 0.548. The van der Waals surface area contributed by atoms with Crippen molar-refractivity contribution in [3.8, 4) is 0 Å². The minimum absolute atomic E-state index is 0.181. The average Bonchev–Trinajstić information content (AvgIpc) is 1.72. The fraction of sp³-hybridized carbons (Fsp3) is 1.00. The Morgan fingerprint density at radius 3 is 1.86 bits per heavy atom. The first-order valence-electron chi connectivity index (χ1n) is 1.75. The van der Waals surface area contributed by atoms with Crippen LogP contribution in [0.25, 0.3) is 0 Å². The largest absolute Gasteiger partial charge is 0.463 e. The van der Waals surface area contributed by atoms with Gasteiger partial charge in [0, 0.05) is 4.21 Å². The van der Waals surface area contributed by atoms with Crippen molar-refractivity contribution in [2.24, 2.45) is 0 Å². The van der Waals surface area contributed by atoms with E-state index in [1.807, 2.05) is 0 Å². The van der Waals surface area contributed by atoms with Crippen LogP contribution in [0, 0.1) is 0 Å². The summed E-state index contributed by atoms with van der Waals surface area (Å²) < 4.78 is 9.95. The van der Waals surface area contributed by atoms with Crippen molar-refractivity contribution in [1.82, 2.24) is 0 Å². The molecule has 0 radical (unpaired) electrons. The molecule has 0 bridgehead atoms. The second-order valence-corrected chi connectivity index (χ2v) is 3.18. The highest BCUT2D eigenvalue weighted by Gasteiger charge is 2.16. The molecule has 0 aromatic rings. The minimum atomic E-state index is 0.181. The Kier molecular flexibility index (Phi) is 5.84. The number of hydrogen-bond donors (Lipinski definition) is 0. The highest BCUT2D eigenvalue weighted by Crippen LogP contribution is 1.96. The van der Waals surface area contributed by atoms with E-state index in [1.54, 1.807) is 0 Å². The van der Waals surface area contributed by atoms with E-state index < -0.39 is 0 Å². The predicted molar refractivity (Wildman–Crippen MR) is 39.4 cm³/mol. The van der Waals surface area contributed by atoms with Gasteiger partial charge in [-0.2, -0.15) is 0 Å². The number of alkyl halides is 2. The highest BCUT2D eigenvalue weighted by atomic mass is 79.9. The molecule has 0 unspecified atom stereocenters. The lowest BCUT2D eigenvalue weighted by molar-refractivity contribution is 0.602. The zero-order chi connectivity index (χ0) is 5.70. The molecule has 0 saturated heterocycles. The summed E-state index contributed by atoms with van der Waals surface area (Å²) in [6.45, 7) is 0. The second-order valence-electron chi connectivity index (χ2n) is 1.03. The van der Waals surface area contributed by atoms with Crippen molar-refractivity contribution in [2.75, 3.05) is 10.7 Å². The molecule has 0 N–H and O–H groups in total. The molecule has 1 nitrogen and oxygen atoms in total. The molecule has 0 amide bonds. The monoisotopic (exact) mass is 247 g/mol. The van der Waals surface area contributed by atoms with E-state index in [0.29, 0.717) is 11.7 Å². The van der Waals surface area contributed by atoms with Gasteiger partial charge in [-0.3, -0.25) is 0 Å². The number of rotatable bonds is 3. The Morgan fingerprint density at radius 1 is 1.43 bits per heavy atom. The Labute approximate surface area is 63.6 Å². The third kappa shape index (κ3) is 3.55. The van der Waals surface area contributed by atoms with Crippen molar-refractivity contribution in [3.05, 3.63) is 0 Å². The molecule has 7 heavy (non-hydrogen) atoms. The van der Waals surface area contributed by atoms with E-state index in [9.17, 15) is 4.21 Å². The minimum Gasteiger partial charge on any atom is -0.0865 e. The first-order valence-corrected chi connectivity index (χ1v) is 4.80. The first kappa shape index (κ1) is 7.98. The summed E-state index contributed by atoms with van der Waals surface area (Å²) in [5.41, 5.74) is 0. The maximum absolute atomic E-state index is 9.95. The van der Waals surface area contributed by atoms with Crippen LogP contribution in [0.5, 0.6) is 0 Å². The molecule has 0 atom stereocenters. The summed E-state index contributed by atoms with van der Waals surface area (Å²) in [7, 11) is 0. The van der Waals surface area contributed by atoms with Crippen LogP contribution in [0.15, 0.2) is 0 Å². The van der Waals surface area contributed by atoms with Gasteiger partial charge in [0.2, 0.25) is 0 Å².